The smallest absolute Gasteiger partial charge is 0.407 e. The molecule has 0 saturated carbocycles. The average molecular weight is 539 g/mol. The zero-order valence-corrected chi connectivity index (χ0v) is 22.2. The fraction of sp³-hybridized carbons (Fsp3) is 0.423. The predicted octanol–water partition coefficient (Wildman–Crippen LogP) is 5.30. The molecule has 0 aromatic heterocycles. The molecular weight excluding hydrogens is 507 g/mol. The van der Waals surface area contributed by atoms with Gasteiger partial charge in [-0.1, -0.05) is 53.5 Å². The summed E-state index contributed by atoms with van der Waals surface area (Å²) in [5, 5.41) is 6.05. The highest BCUT2D eigenvalue weighted by Crippen LogP contribution is 2.27. The molecule has 0 spiro atoms. The first-order valence-corrected chi connectivity index (χ1v) is 12.3. The van der Waals surface area contributed by atoms with Crippen LogP contribution in [0.2, 0.25) is 10.0 Å². The van der Waals surface area contributed by atoms with E-state index in [2.05, 4.69) is 10.6 Å². The van der Waals surface area contributed by atoms with Gasteiger partial charge in [0, 0.05) is 11.6 Å². The fourth-order valence-corrected chi connectivity index (χ4v) is 3.49. The van der Waals surface area contributed by atoms with Crippen LogP contribution in [-0.2, 0) is 25.7 Å². The van der Waals surface area contributed by atoms with E-state index in [-0.39, 0.29) is 18.2 Å². The van der Waals surface area contributed by atoms with Crippen LogP contribution in [0.1, 0.15) is 45.6 Å². The van der Waals surface area contributed by atoms with Crippen molar-refractivity contribution in [1.29, 1.82) is 0 Å². The Morgan fingerprint density at radius 2 is 1.72 bits per heavy atom. The third-order valence-electron chi connectivity index (χ3n) is 4.68. The minimum atomic E-state index is -0.869. The van der Waals surface area contributed by atoms with E-state index in [1.807, 2.05) is 30.3 Å². The Balaban J connectivity index is 1.78. The van der Waals surface area contributed by atoms with Crippen LogP contribution < -0.4 is 15.4 Å². The lowest BCUT2D eigenvalue weighted by Gasteiger charge is -2.24. The molecule has 2 amide bonds. The number of benzene rings is 2. The zero-order chi connectivity index (χ0) is 26.6. The standard InChI is InChI=1S/C26H32Cl2N2O6/c1-26(2,3)36-24(32)21(30-23(31)17-34-22-13-12-19(27)15-20(22)28)11-7-8-14-29-25(33)35-16-18-9-5-4-6-10-18/h4-6,9-10,12-13,15,21H,7-8,11,14,16-17H2,1-3H3,(H,29,33)(H,30,31). The molecule has 2 rings (SSSR count). The predicted molar refractivity (Wildman–Crippen MR) is 138 cm³/mol. The maximum atomic E-state index is 12.6. The second-order valence-corrected chi connectivity index (χ2v) is 9.84. The van der Waals surface area contributed by atoms with E-state index in [9.17, 15) is 14.4 Å². The molecule has 196 valence electrons. The molecule has 1 atom stereocenters. The van der Waals surface area contributed by atoms with E-state index < -0.39 is 29.6 Å². The molecule has 10 heteroatoms. The van der Waals surface area contributed by atoms with Gasteiger partial charge in [0.25, 0.3) is 5.91 Å². The van der Waals surface area contributed by atoms with Gasteiger partial charge in [0.15, 0.2) is 6.61 Å². The Hall–Kier alpha value is -2.97. The van der Waals surface area contributed by atoms with Gasteiger partial charge in [0.1, 0.15) is 24.0 Å². The first kappa shape index (κ1) is 29.3. The Morgan fingerprint density at radius 3 is 2.39 bits per heavy atom. The highest BCUT2D eigenvalue weighted by molar-refractivity contribution is 6.35. The molecule has 8 nitrogen and oxygen atoms in total. The van der Waals surface area contributed by atoms with Crippen molar-refractivity contribution in [1.82, 2.24) is 10.6 Å². The third kappa shape index (κ3) is 11.6. The molecule has 0 heterocycles. The molecular formula is C26H32Cl2N2O6. The van der Waals surface area contributed by atoms with Crippen molar-refractivity contribution in [3.63, 3.8) is 0 Å². The summed E-state index contributed by atoms with van der Waals surface area (Å²) in [6, 6.07) is 13.2. The molecule has 0 radical (unpaired) electrons. The Bertz CT molecular complexity index is 1010. The van der Waals surface area contributed by atoms with Gasteiger partial charge in [-0.05, 0) is 63.8 Å². The largest absolute Gasteiger partial charge is 0.482 e. The van der Waals surface area contributed by atoms with Gasteiger partial charge >= 0.3 is 12.1 Å². The van der Waals surface area contributed by atoms with Crippen molar-refractivity contribution in [3.05, 3.63) is 64.1 Å². The molecule has 0 bridgehead atoms. The summed E-state index contributed by atoms with van der Waals surface area (Å²) in [5.74, 6) is -0.745. The number of amides is 2. The SMILES string of the molecule is CC(C)(C)OC(=O)C(CCCCNC(=O)OCc1ccccc1)NC(=O)COc1ccc(Cl)cc1Cl. The first-order chi connectivity index (χ1) is 17.0. The molecule has 0 aliphatic heterocycles. The summed E-state index contributed by atoms with van der Waals surface area (Å²) in [7, 11) is 0. The van der Waals surface area contributed by atoms with Crippen molar-refractivity contribution in [2.24, 2.45) is 0 Å². The highest BCUT2D eigenvalue weighted by atomic mass is 35.5. The maximum Gasteiger partial charge on any atom is 0.407 e. The van der Waals surface area contributed by atoms with E-state index in [0.717, 1.165) is 5.56 Å². The molecule has 0 aliphatic rings. The van der Waals surface area contributed by atoms with Gasteiger partial charge in [0.2, 0.25) is 0 Å². The number of unbranched alkanes of at least 4 members (excludes halogenated alkanes) is 1. The average Bonchev–Trinajstić information content (AvgIpc) is 2.80. The van der Waals surface area contributed by atoms with Crippen molar-refractivity contribution in [2.45, 2.75) is 58.3 Å². The van der Waals surface area contributed by atoms with E-state index >= 15 is 0 Å². The summed E-state index contributed by atoms with van der Waals surface area (Å²) >= 11 is 11.9. The number of alkyl carbamates (subject to hydrolysis) is 1. The van der Waals surface area contributed by atoms with Gasteiger partial charge in [0.05, 0.1) is 5.02 Å². The molecule has 1 unspecified atom stereocenters. The number of hydrogen-bond donors (Lipinski definition) is 2. The molecule has 0 saturated heterocycles. The van der Waals surface area contributed by atoms with Crippen LogP contribution in [-0.4, -0.2) is 42.8 Å². The lowest BCUT2D eigenvalue weighted by atomic mass is 10.1. The number of rotatable bonds is 12. The van der Waals surface area contributed by atoms with E-state index in [4.69, 9.17) is 37.4 Å². The van der Waals surface area contributed by atoms with Crippen LogP contribution in [0, 0.1) is 0 Å². The number of esters is 1. The summed E-state index contributed by atoms with van der Waals surface area (Å²) in [4.78, 5) is 37.0. The molecule has 2 N–H and O–H groups in total. The lowest BCUT2D eigenvalue weighted by Crippen LogP contribution is -2.45. The minimum absolute atomic E-state index is 0.183. The van der Waals surface area contributed by atoms with Crippen molar-refractivity contribution in [3.8, 4) is 5.75 Å². The zero-order valence-electron chi connectivity index (χ0n) is 20.6. The van der Waals surface area contributed by atoms with E-state index in [0.29, 0.717) is 36.6 Å². The van der Waals surface area contributed by atoms with Gasteiger partial charge in [-0.25, -0.2) is 9.59 Å². The monoisotopic (exact) mass is 538 g/mol. The molecule has 2 aromatic carbocycles. The highest BCUT2D eigenvalue weighted by Gasteiger charge is 2.26. The van der Waals surface area contributed by atoms with Gasteiger partial charge in [-0.3, -0.25) is 4.79 Å². The number of hydrogen-bond acceptors (Lipinski definition) is 6. The first-order valence-electron chi connectivity index (χ1n) is 11.6. The summed E-state index contributed by atoms with van der Waals surface area (Å²) in [5.41, 5.74) is 0.184. The van der Waals surface area contributed by atoms with Crippen LogP contribution in [0.4, 0.5) is 4.79 Å². The Labute approximate surface area is 221 Å². The minimum Gasteiger partial charge on any atom is -0.482 e. The number of halogens is 2. The normalized spacial score (nSPS) is 11.8. The van der Waals surface area contributed by atoms with E-state index in [1.165, 1.54) is 6.07 Å². The number of carbonyl (C=O) groups excluding carboxylic acids is 3. The number of carbonyl (C=O) groups is 3. The molecule has 36 heavy (non-hydrogen) atoms. The summed E-state index contributed by atoms with van der Waals surface area (Å²) < 4.78 is 16.1. The second kappa shape index (κ2) is 14.6. The Morgan fingerprint density at radius 1 is 1.00 bits per heavy atom. The topological polar surface area (TPSA) is 103 Å². The number of nitrogens with one attached hydrogen (secondary N) is 2. The third-order valence-corrected chi connectivity index (χ3v) is 5.21. The number of ether oxygens (including phenoxy) is 3. The van der Waals surface area contributed by atoms with Crippen LogP contribution in [0.3, 0.4) is 0 Å². The van der Waals surface area contributed by atoms with Crippen LogP contribution in [0.25, 0.3) is 0 Å². The maximum absolute atomic E-state index is 12.6. The fourth-order valence-electron chi connectivity index (χ4n) is 3.03. The quantitative estimate of drug-likeness (QED) is 0.281. The molecule has 0 fully saturated rings. The summed E-state index contributed by atoms with van der Waals surface area (Å²) in [6.45, 7) is 5.46. The van der Waals surface area contributed by atoms with Crippen LogP contribution in [0.5, 0.6) is 5.75 Å². The van der Waals surface area contributed by atoms with Crippen LogP contribution in [0.15, 0.2) is 48.5 Å². The molecule has 0 aliphatic carbocycles. The second-order valence-electron chi connectivity index (χ2n) is 9.00. The van der Waals surface area contributed by atoms with Crippen molar-refractivity contribution >= 4 is 41.2 Å². The van der Waals surface area contributed by atoms with Gasteiger partial charge < -0.3 is 24.8 Å². The van der Waals surface area contributed by atoms with Crippen molar-refractivity contribution < 1.29 is 28.6 Å². The van der Waals surface area contributed by atoms with Gasteiger partial charge in [-0.15, -0.1) is 0 Å². The van der Waals surface area contributed by atoms with E-state index in [1.54, 1.807) is 32.9 Å². The van der Waals surface area contributed by atoms with Gasteiger partial charge in [-0.2, -0.15) is 0 Å². The lowest BCUT2D eigenvalue weighted by molar-refractivity contribution is -0.159. The Kier molecular flexibility index (Phi) is 11.8. The molecule has 2 aromatic rings. The summed E-state index contributed by atoms with van der Waals surface area (Å²) in [6.07, 6.45) is 0.927. The van der Waals surface area contributed by atoms with Crippen LogP contribution >= 0.6 is 23.2 Å². The van der Waals surface area contributed by atoms with Crippen molar-refractivity contribution in [2.75, 3.05) is 13.2 Å².